The highest BCUT2D eigenvalue weighted by atomic mass is 16.2. The van der Waals surface area contributed by atoms with Crippen molar-refractivity contribution in [2.45, 2.75) is 6.92 Å². The van der Waals surface area contributed by atoms with Crippen LogP contribution >= 0.6 is 0 Å². The van der Waals surface area contributed by atoms with Crippen molar-refractivity contribution in [1.29, 1.82) is 5.26 Å². The van der Waals surface area contributed by atoms with Crippen LogP contribution < -0.4 is 4.90 Å². The van der Waals surface area contributed by atoms with Crippen LogP contribution in [-0.4, -0.2) is 61.3 Å². The van der Waals surface area contributed by atoms with Gasteiger partial charge in [0.15, 0.2) is 11.5 Å². The van der Waals surface area contributed by atoms with E-state index in [4.69, 9.17) is 4.98 Å². The maximum atomic E-state index is 11.6. The number of carbonyl (C=O) groups excluding carboxylic acids is 1. The average Bonchev–Trinajstić information content (AvgIpc) is 3.27. The van der Waals surface area contributed by atoms with Gasteiger partial charge in [0.1, 0.15) is 11.5 Å². The molecule has 158 valence electrons. The summed E-state index contributed by atoms with van der Waals surface area (Å²) in [7, 11) is 0. The fourth-order valence-electron chi connectivity index (χ4n) is 3.90. The van der Waals surface area contributed by atoms with Crippen LogP contribution in [0.5, 0.6) is 0 Å². The van der Waals surface area contributed by atoms with Gasteiger partial charge in [-0.3, -0.25) is 14.2 Å². The smallest absolute Gasteiger partial charge is 0.219 e. The number of nitrogens with zero attached hydrogens (tertiary/aromatic N) is 8. The third kappa shape index (κ3) is 3.52. The van der Waals surface area contributed by atoms with E-state index in [1.54, 1.807) is 31.6 Å². The lowest BCUT2D eigenvalue weighted by atomic mass is 10.1. The summed E-state index contributed by atoms with van der Waals surface area (Å²) in [5.41, 5.74) is 3.40. The van der Waals surface area contributed by atoms with Crippen LogP contribution in [0.3, 0.4) is 0 Å². The first-order valence-corrected chi connectivity index (χ1v) is 10.3. The van der Waals surface area contributed by atoms with Gasteiger partial charge in [-0.05, 0) is 12.1 Å². The third-order valence-electron chi connectivity index (χ3n) is 5.64. The van der Waals surface area contributed by atoms with Crippen molar-refractivity contribution in [2.24, 2.45) is 0 Å². The summed E-state index contributed by atoms with van der Waals surface area (Å²) in [6.45, 7) is 4.40. The number of aromatic nitrogens is 5. The molecule has 9 heteroatoms. The summed E-state index contributed by atoms with van der Waals surface area (Å²) < 4.78 is 1.89. The fraction of sp³-hybridized carbons (Fsp3) is 0.217. The van der Waals surface area contributed by atoms with Gasteiger partial charge in [-0.1, -0.05) is 18.2 Å². The monoisotopic (exact) mass is 424 g/mol. The molecule has 1 saturated heterocycles. The van der Waals surface area contributed by atoms with Gasteiger partial charge < -0.3 is 9.80 Å². The summed E-state index contributed by atoms with van der Waals surface area (Å²) in [5.74, 6) is 1.47. The zero-order valence-corrected chi connectivity index (χ0v) is 17.5. The predicted octanol–water partition coefficient (Wildman–Crippen LogP) is 2.39. The predicted molar refractivity (Wildman–Crippen MR) is 119 cm³/mol. The van der Waals surface area contributed by atoms with Crippen LogP contribution in [0.4, 0.5) is 5.82 Å². The standard InChI is InChI=1S/C23H20N8O/c1-16(32)29-8-10-30(11-9-29)21-6-7-25-23(28-21)20-13-27-22-14-26-19(15-31(20)22)18-5-3-2-4-17(18)12-24/h2-7,13-15H,8-11H2,1H3. The summed E-state index contributed by atoms with van der Waals surface area (Å²) in [6, 6.07) is 11.5. The molecule has 5 rings (SSSR count). The molecule has 0 bridgehead atoms. The van der Waals surface area contributed by atoms with E-state index in [0.717, 1.165) is 30.2 Å². The number of benzene rings is 1. The van der Waals surface area contributed by atoms with Gasteiger partial charge in [-0.2, -0.15) is 5.26 Å². The first-order valence-electron chi connectivity index (χ1n) is 10.3. The topological polar surface area (TPSA) is 103 Å². The Kier molecular flexibility index (Phi) is 4.95. The number of imidazole rings is 1. The minimum absolute atomic E-state index is 0.0983. The largest absolute Gasteiger partial charge is 0.353 e. The van der Waals surface area contributed by atoms with Crippen LogP contribution in [0.25, 0.3) is 28.4 Å². The molecule has 4 heterocycles. The van der Waals surface area contributed by atoms with E-state index >= 15 is 0 Å². The highest BCUT2D eigenvalue weighted by molar-refractivity contribution is 5.73. The number of hydrogen-bond donors (Lipinski definition) is 0. The molecule has 0 unspecified atom stereocenters. The highest BCUT2D eigenvalue weighted by Crippen LogP contribution is 2.25. The normalized spacial score (nSPS) is 13.9. The van der Waals surface area contributed by atoms with Crippen LogP contribution in [0.2, 0.25) is 0 Å². The van der Waals surface area contributed by atoms with Gasteiger partial charge in [0.2, 0.25) is 5.91 Å². The summed E-state index contributed by atoms with van der Waals surface area (Å²) in [6.07, 6.45) is 7.00. The lowest BCUT2D eigenvalue weighted by molar-refractivity contribution is -0.129. The van der Waals surface area contributed by atoms with Crippen molar-refractivity contribution in [3.63, 3.8) is 0 Å². The van der Waals surface area contributed by atoms with E-state index in [2.05, 4.69) is 25.9 Å². The van der Waals surface area contributed by atoms with E-state index in [-0.39, 0.29) is 5.91 Å². The van der Waals surface area contributed by atoms with Gasteiger partial charge in [0, 0.05) is 51.1 Å². The molecule has 1 aliphatic rings. The van der Waals surface area contributed by atoms with Crippen LogP contribution in [0.15, 0.2) is 55.1 Å². The van der Waals surface area contributed by atoms with Crippen molar-refractivity contribution in [3.8, 4) is 28.8 Å². The first kappa shape index (κ1) is 19.6. The average molecular weight is 424 g/mol. The number of nitriles is 1. The lowest BCUT2D eigenvalue weighted by Gasteiger charge is -2.34. The minimum Gasteiger partial charge on any atom is -0.353 e. The Morgan fingerprint density at radius 1 is 1.03 bits per heavy atom. The fourth-order valence-corrected chi connectivity index (χ4v) is 3.90. The number of piperazine rings is 1. The zero-order valence-electron chi connectivity index (χ0n) is 17.5. The van der Waals surface area contributed by atoms with E-state index < -0.39 is 0 Å². The van der Waals surface area contributed by atoms with Crippen LogP contribution in [-0.2, 0) is 4.79 Å². The Hall–Kier alpha value is -4.32. The van der Waals surface area contributed by atoms with Crippen molar-refractivity contribution in [1.82, 2.24) is 29.2 Å². The maximum absolute atomic E-state index is 11.6. The van der Waals surface area contributed by atoms with Crippen molar-refractivity contribution in [2.75, 3.05) is 31.1 Å². The van der Waals surface area contributed by atoms with Crippen molar-refractivity contribution < 1.29 is 4.79 Å². The maximum Gasteiger partial charge on any atom is 0.219 e. The molecule has 1 aromatic carbocycles. The first-order chi connectivity index (χ1) is 15.6. The molecule has 9 nitrogen and oxygen atoms in total. The lowest BCUT2D eigenvalue weighted by Crippen LogP contribution is -2.48. The molecular formula is C23H20N8O. The Morgan fingerprint density at radius 3 is 2.62 bits per heavy atom. The van der Waals surface area contributed by atoms with Crippen LogP contribution in [0.1, 0.15) is 12.5 Å². The second-order valence-electron chi connectivity index (χ2n) is 7.53. The molecule has 1 aliphatic heterocycles. The molecule has 0 atom stereocenters. The van der Waals surface area contributed by atoms with Gasteiger partial charge in [0.05, 0.1) is 29.7 Å². The van der Waals surface area contributed by atoms with Gasteiger partial charge in [0.25, 0.3) is 0 Å². The molecule has 0 N–H and O–H groups in total. The van der Waals surface area contributed by atoms with Crippen LogP contribution in [0, 0.1) is 11.3 Å². The van der Waals surface area contributed by atoms with Gasteiger partial charge in [-0.25, -0.2) is 15.0 Å². The second kappa shape index (κ2) is 8.07. The molecule has 0 saturated carbocycles. The Balaban J connectivity index is 1.50. The molecule has 3 aromatic heterocycles. The molecule has 1 amide bonds. The van der Waals surface area contributed by atoms with E-state index in [1.807, 2.05) is 39.8 Å². The highest BCUT2D eigenvalue weighted by Gasteiger charge is 2.20. The minimum atomic E-state index is 0.0983. The molecule has 4 aromatic rings. The van der Waals surface area contributed by atoms with Gasteiger partial charge >= 0.3 is 0 Å². The van der Waals surface area contributed by atoms with E-state index in [9.17, 15) is 10.1 Å². The molecular weight excluding hydrogens is 404 g/mol. The molecule has 0 aliphatic carbocycles. The third-order valence-corrected chi connectivity index (χ3v) is 5.64. The quantitative estimate of drug-likeness (QED) is 0.497. The zero-order chi connectivity index (χ0) is 22.1. The summed E-state index contributed by atoms with van der Waals surface area (Å²) in [5, 5.41) is 9.44. The number of hydrogen-bond acceptors (Lipinski definition) is 7. The van der Waals surface area contributed by atoms with Crippen molar-refractivity contribution in [3.05, 3.63) is 60.7 Å². The van der Waals surface area contributed by atoms with Gasteiger partial charge in [-0.15, -0.1) is 0 Å². The molecule has 32 heavy (non-hydrogen) atoms. The Morgan fingerprint density at radius 2 is 1.84 bits per heavy atom. The Labute approximate surface area is 184 Å². The number of carbonyl (C=O) groups is 1. The van der Waals surface area contributed by atoms with E-state index in [1.165, 1.54) is 0 Å². The number of rotatable bonds is 3. The second-order valence-corrected chi connectivity index (χ2v) is 7.53. The molecule has 0 radical (unpaired) electrons. The van der Waals surface area contributed by atoms with E-state index in [0.29, 0.717) is 35.8 Å². The van der Waals surface area contributed by atoms with Crippen molar-refractivity contribution >= 4 is 17.4 Å². The summed E-state index contributed by atoms with van der Waals surface area (Å²) >= 11 is 0. The number of anilines is 1. The molecule has 0 spiro atoms. The SMILES string of the molecule is CC(=O)N1CCN(c2ccnc(-c3cnc4cnc(-c5ccccc5C#N)cn34)n2)CC1. The number of fused-ring (bicyclic) bond motifs is 1. The summed E-state index contributed by atoms with van der Waals surface area (Å²) in [4.78, 5) is 33.8. The Bertz CT molecular complexity index is 1350. The molecule has 1 fully saturated rings. The number of amides is 1.